The summed E-state index contributed by atoms with van der Waals surface area (Å²) in [5.41, 5.74) is 3.83. The second-order valence-corrected chi connectivity index (χ2v) is 6.19. The fourth-order valence-corrected chi connectivity index (χ4v) is 2.83. The van der Waals surface area contributed by atoms with Crippen LogP contribution in [0.3, 0.4) is 0 Å². The van der Waals surface area contributed by atoms with Crippen LogP contribution in [0, 0.1) is 20.8 Å². The highest BCUT2D eigenvalue weighted by Gasteiger charge is 2.19. The van der Waals surface area contributed by atoms with Gasteiger partial charge in [-0.25, -0.2) is 0 Å². The van der Waals surface area contributed by atoms with Gasteiger partial charge >= 0.3 is 0 Å². The van der Waals surface area contributed by atoms with Crippen molar-refractivity contribution in [1.82, 2.24) is 9.88 Å². The van der Waals surface area contributed by atoms with Crippen LogP contribution in [0.25, 0.3) is 0 Å². The van der Waals surface area contributed by atoms with Crippen LogP contribution < -0.4 is 10.9 Å². The molecule has 0 bridgehead atoms. The van der Waals surface area contributed by atoms with E-state index in [2.05, 4.69) is 12.2 Å². The Bertz CT molecular complexity index is 776. The molecule has 2 aromatic rings. The number of benzene rings is 1. The molecular formula is C20H26N2O2. The lowest BCUT2D eigenvalue weighted by molar-refractivity contribution is 0.0948. The lowest BCUT2D eigenvalue weighted by atomic mass is 10.0. The molecule has 0 aliphatic heterocycles. The minimum Gasteiger partial charge on any atom is -0.348 e. The van der Waals surface area contributed by atoms with E-state index in [9.17, 15) is 9.59 Å². The predicted octanol–water partition coefficient (Wildman–Crippen LogP) is 3.50. The number of rotatable bonds is 6. The largest absolute Gasteiger partial charge is 0.348 e. The Morgan fingerprint density at radius 2 is 1.75 bits per heavy atom. The van der Waals surface area contributed by atoms with Crippen molar-refractivity contribution in [2.75, 3.05) is 0 Å². The van der Waals surface area contributed by atoms with Crippen LogP contribution in [0.15, 0.2) is 35.1 Å². The van der Waals surface area contributed by atoms with Crippen molar-refractivity contribution in [2.45, 2.75) is 53.6 Å². The van der Waals surface area contributed by atoms with Crippen molar-refractivity contribution in [3.63, 3.8) is 0 Å². The third-order valence-corrected chi connectivity index (χ3v) is 4.60. The Hall–Kier alpha value is -2.36. The van der Waals surface area contributed by atoms with Crippen LogP contribution in [0.4, 0.5) is 0 Å². The van der Waals surface area contributed by atoms with Gasteiger partial charge in [-0.15, -0.1) is 0 Å². The van der Waals surface area contributed by atoms with Crippen LogP contribution in [-0.2, 0) is 13.1 Å². The molecule has 0 aliphatic carbocycles. The lowest BCUT2D eigenvalue weighted by Gasteiger charge is -2.17. The topological polar surface area (TPSA) is 51.1 Å². The van der Waals surface area contributed by atoms with Gasteiger partial charge in [-0.3, -0.25) is 9.59 Å². The SMILES string of the molecule is CCCCn1c(C)c(C)c(C)c(C(=O)NCc2ccccc2)c1=O. The molecule has 24 heavy (non-hydrogen) atoms. The summed E-state index contributed by atoms with van der Waals surface area (Å²) < 4.78 is 1.74. The zero-order valence-corrected chi connectivity index (χ0v) is 15.0. The maximum absolute atomic E-state index is 12.8. The predicted molar refractivity (Wildman–Crippen MR) is 97.4 cm³/mol. The Balaban J connectivity index is 2.33. The van der Waals surface area contributed by atoms with Crippen molar-refractivity contribution < 1.29 is 4.79 Å². The molecule has 1 heterocycles. The van der Waals surface area contributed by atoms with Crippen LogP contribution in [-0.4, -0.2) is 10.5 Å². The second-order valence-electron chi connectivity index (χ2n) is 6.19. The summed E-state index contributed by atoms with van der Waals surface area (Å²) in [5.74, 6) is -0.297. The van der Waals surface area contributed by atoms with Gasteiger partial charge < -0.3 is 9.88 Å². The van der Waals surface area contributed by atoms with Crippen molar-refractivity contribution in [3.05, 3.63) is 68.6 Å². The lowest BCUT2D eigenvalue weighted by Crippen LogP contribution is -2.35. The highest BCUT2D eigenvalue weighted by atomic mass is 16.2. The Morgan fingerprint density at radius 1 is 1.08 bits per heavy atom. The van der Waals surface area contributed by atoms with Gasteiger partial charge in [0.25, 0.3) is 11.5 Å². The van der Waals surface area contributed by atoms with Gasteiger partial charge in [-0.1, -0.05) is 43.7 Å². The van der Waals surface area contributed by atoms with Crippen molar-refractivity contribution in [3.8, 4) is 0 Å². The van der Waals surface area contributed by atoms with E-state index in [4.69, 9.17) is 0 Å². The van der Waals surface area contributed by atoms with Gasteiger partial charge in [0.2, 0.25) is 0 Å². The minimum absolute atomic E-state index is 0.186. The molecule has 1 aromatic heterocycles. The van der Waals surface area contributed by atoms with Crippen LogP contribution in [0.5, 0.6) is 0 Å². The second kappa shape index (κ2) is 7.95. The number of carbonyl (C=O) groups is 1. The molecule has 4 nitrogen and oxygen atoms in total. The average Bonchev–Trinajstić information content (AvgIpc) is 2.59. The number of carbonyl (C=O) groups excluding carboxylic acids is 1. The quantitative estimate of drug-likeness (QED) is 0.883. The number of amides is 1. The van der Waals surface area contributed by atoms with Crippen LogP contribution in [0.1, 0.15) is 52.5 Å². The first-order chi connectivity index (χ1) is 11.5. The molecule has 0 spiro atoms. The summed E-state index contributed by atoms with van der Waals surface area (Å²) in [6.45, 7) is 8.94. The number of nitrogens with zero attached hydrogens (tertiary/aromatic N) is 1. The molecule has 128 valence electrons. The highest BCUT2D eigenvalue weighted by molar-refractivity contribution is 5.95. The number of hydrogen-bond donors (Lipinski definition) is 1. The maximum atomic E-state index is 12.8. The molecule has 0 atom stereocenters. The fraction of sp³-hybridized carbons (Fsp3) is 0.400. The summed E-state index contributed by atoms with van der Waals surface area (Å²) in [5, 5.41) is 2.87. The molecule has 2 rings (SSSR count). The Morgan fingerprint density at radius 3 is 2.38 bits per heavy atom. The standard InChI is InChI=1S/C20H26N2O2/c1-5-6-12-22-16(4)14(2)15(3)18(20(22)24)19(23)21-13-17-10-8-7-9-11-17/h7-11H,5-6,12-13H2,1-4H3,(H,21,23). The van der Waals surface area contributed by atoms with E-state index in [-0.39, 0.29) is 17.0 Å². The van der Waals surface area contributed by atoms with Crippen molar-refractivity contribution in [1.29, 1.82) is 0 Å². The normalized spacial score (nSPS) is 10.7. The molecule has 0 radical (unpaired) electrons. The minimum atomic E-state index is -0.297. The first kappa shape index (κ1) is 18.0. The van der Waals surface area contributed by atoms with Gasteiger partial charge in [0, 0.05) is 18.8 Å². The first-order valence-electron chi connectivity index (χ1n) is 8.50. The molecule has 0 saturated carbocycles. The number of pyridine rings is 1. The first-order valence-corrected chi connectivity index (χ1v) is 8.50. The van der Waals surface area contributed by atoms with Crippen LogP contribution in [0.2, 0.25) is 0 Å². The van der Waals surface area contributed by atoms with Gasteiger partial charge in [0.15, 0.2) is 0 Å². The van der Waals surface area contributed by atoms with Gasteiger partial charge in [-0.2, -0.15) is 0 Å². The molecule has 0 aliphatic rings. The zero-order chi connectivity index (χ0) is 17.7. The third kappa shape index (κ3) is 3.75. The maximum Gasteiger partial charge on any atom is 0.263 e. The molecular weight excluding hydrogens is 300 g/mol. The van der Waals surface area contributed by atoms with E-state index < -0.39 is 0 Å². The zero-order valence-electron chi connectivity index (χ0n) is 15.0. The Labute approximate surface area is 143 Å². The van der Waals surface area contributed by atoms with E-state index in [0.29, 0.717) is 13.1 Å². The molecule has 0 fully saturated rings. The summed E-state index contributed by atoms with van der Waals surface area (Å²) in [6.07, 6.45) is 1.93. The number of nitrogens with one attached hydrogen (secondary N) is 1. The molecule has 1 N–H and O–H groups in total. The number of unbranched alkanes of at least 4 members (excludes halogenated alkanes) is 1. The van der Waals surface area contributed by atoms with E-state index in [1.807, 2.05) is 51.1 Å². The van der Waals surface area contributed by atoms with Crippen LogP contribution >= 0.6 is 0 Å². The molecule has 4 heteroatoms. The van der Waals surface area contributed by atoms with Crippen molar-refractivity contribution in [2.24, 2.45) is 0 Å². The monoisotopic (exact) mass is 326 g/mol. The summed E-state index contributed by atoms with van der Waals surface area (Å²) in [6, 6.07) is 9.70. The van der Waals surface area contributed by atoms with E-state index in [1.54, 1.807) is 4.57 Å². The summed E-state index contributed by atoms with van der Waals surface area (Å²) in [7, 11) is 0. The molecule has 1 amide bonds. The van der Waals surface area contributed by atoms with Crippen molar-refractivity contribution >= 4 is 5.91 Å². The fourth-order valence-electron chi connectivity index (χ4n) is 2.83. The summed E-state index contributed by atoms with van der Waals surface area (Å²) >= 11 is 0. The summed E-state index contributed by atoms with van der Waals surface area (Å²) in [4.78, 5) is 25.4. The average molecular weight is 326 g/mol. The van der Waals surface area contributed by atoms with E-state index >= 15 is 0 Å². The Kier molecular flexibility index (Phi) is 5.96. The van der Waals surface area contributed by atoms with E-state index in [1.165, 1.54) is 0 Å². The molecule has 0 unspecified atom stereocenters. The number of hydrogen-bond acceptors (Lipinski definition) is 2. The smallest absolute Gasteiger partial charge is 0.263 e. The van der Waals surface area contributed by atoms with E-state index in [0.717, 1.165) is 35.2 Å². The highest BCUT2D eigenvalue weighted by Crippen LogP contribution is 2.15. The number of aromatic nitrogens is 1. The molecule has 1 aromatic carbocycles. The van der Waals surface area contributed by atoms with Gasteiger partial charge in [0.05, 0.1) is 0 Å². The van der Waals surface area contributed by atoms with Gasteiger partial charge in [0.1, 0.15) is 5.56 Å². The van der Waals surface area contributed by atoms with Gasteiger partial charge in [-0.05, 0) is 43.9 Å². The third-order valence-electron chi connectivity index (χ3n) is 4.60. The molecule has 0 saturated heterocycles.